The van der Waals surface area contributed by atoms with Crippen molar-refractivity contribution in [1.82, 2.24) is 10.2 Å². The average molecular weight is 181 g/mol. The number of hydrogen-bond donors (Lipinski definition) is 1. The van der Waals surface area contributed by atoms with Gasteiger partial charge in [-0.15, -0.1) is 0 Å². The van der Waals surface area contributed by atoms with Crippen LogP contribution in [0.3, 0.4) is 0 Å². The van der Waals surface area contributed by atoms with Gasteiger partial charge in [-0.2, -0.15) is 0 Å². The van der Waals surface area contributed by atoms with Crippen molar-refractivity contribution in [3.63, 3.8) is 0 Å². The molecule has 3 heteroatoms. The van der Waals surface area contributed by atoms with Crippen molar-refractivity contribution in [2.75, 3.05) is 32.6 Å². The van der Waals surface area contributed by atoms with E-state index in [2.05, 4.69) is 40.2 Å². The highest BCUT2D eigenvalue weighted by molar-refractivity contribution is 9.09. The molecule has 0 fully saturated rings. The van der Waals surface area contributed by atoms with Gasteiger partial charge in [0.05, 0.1) is 5.45 Å². The summed E-state index contributed by atoms with van der Waals surface area (Å²) in [6.07, 6.45) is 0. The minimum atomic E-state index is 0.890. The molecule has 0 rings (SSSR count). The predicted molar refractivity (Wildman–Crippen MR) is 40.4 cm³/mol. The van der Waals surface area contributed by atoms with Crippen molar-refractivity contribution in [3.05, 3.63) is 0 Å². The highest BCUT2D eigenvalue weighted by Crippen LogP contribution is 1.73. The average Bonchev–Trinajstić information content (AvgIpc) is 1.66. The third-order valence-corrected chi connectivity index (χ3v) is 1.23. The number of nitrogens with zero attached hydrogens (tertiary/aromatic N) is 1. The maximum atomic E-state index is 3.27. The van der Waals surface area contributed by atoms with Crippen LogP contribution in [0.4, 0.5) is 0 Å². The quantitative estimate of drug-likeness (QED) is 0.385. The van der Waals surface area contributed by atoms with Crippen molar-refractivity contribution in [2.45, 2.75) is 0 Å². The van der Waals surface area contributed by atoms with Crippen molar-refractivity contribution in [2.24, 2.45) is 0 Å². The van der Waals surface area contributed by atoms with Crippen molar-refractivity contribution < 1.29 is 0 Å². The summed E-state index contributed by atoms with van der Waals surface area (Å²) in [7, 11) is 4.13. The molecule has 0 aromatic carbocycles. The number of nitrogens with one attached hydrogen (secondary N) is 1. The Morgan fingerprint density at radius 2 is 2.12 bits per heavy atom. The summed E-state index contributed by atoms with van der Waals surface area (Å²) in [4.78, 5) is 2.15. The maximum absolute atomic E-state index is 3.27. The molecular weight excluding hydrogens is 168 g/mol. The first-order chi connectivity index (χ1) is 3.77. The molecule has 50 valence electrons. The molecule has 1 N–H and O–H groups in total. The van der Waals surface area contributed by atoms with Gasteiger partial charge >= 0.3 is 0 Å². The van der Waals surface area contributed by atoms with E-state index < -0.39 is 0 Å². The molecule has 0 bridgehead atoms. The van der Waals surface area contributed by atoms with Gasteiger partial charge < -0.3 is 10.2 Å². The molecular formula is C5H13BrN2. The molecule has 0 saturated carbocycles. The fourth-order valence-electron chi connectivity index (χ4n) is 0.369. The van der Waals surface area contributed by atoms with E-state index in [1.807, 2.05) is 0 Å². The Kier molecular flexibility index (Phi) is 5.81. The summed E-state index contributed by atoms with van der Waals surface area (Å²) < 4.78 is 0. The van der Waals surface area contributed by atoms with E-state index in [1.54, 1.807) is 0 Å². The summed E-state index contributed by atoms with van der Waals surface area (Å²) in [5.41, 5.74) is 0.890. The van der Waals surface area contributed by atoms with Crippen molar-refractivity contribution in [1.29, 1.82) is 0 Å². The highest BCUT2D eigenvalue weighted by atomic mass is 79.9. The molecule has 0 aromatic heterocycles. The molecule has 0 unspecified atom stereocenters. The van der Waals surface area contributed by atoms with Crippen LogP contribution < -0.4 is 5.32 Å². The molecule has 0 amide bonds. The van der Waals surface area contributed by atoms with E-state index in [0.29, 0.717) is 0 Å². The lowest BCUT2D eigenvalue weighted by Crippen LogP contribution is -2.25. The van der Waals surface area contributed by atoms with Gasteiger partial charge in [-0.1, -0.05) is 15.9 Å². The van der Waals surface area contributed by atoms with Gasteiger partial charge in [0.1, 0.15) is 0 Å². The molecule has 0 saturated heterocycles. The summed E-state index contributed by atoms with van der Waals surface area (Å²) >= 11 is 3.27. The van der Waals surface area contributed by atoms with Gasteiger partial charge in [0, 0.05) is 13.1 Å². The first kappa shape index (κ1) is 8.40. The first-order valence-corrected chi connectivity index (χ1v) is 3.81. The Morgan fingerprint density at radius 1 is 1.50 bits per heavy atom. The summed E-state index contributed by atoms with van der Waals surface area (Å²) in [5, 5.41) is 3.15. The lowest BCUT2D eigenvalue weighted by molar-refractivity contribution is 0.406. The van der Waals surface area contributed by atoms with Crippen LogP contribution in [0.15, 0.2) is 0 Å². The third-order valence-electron chi connectivity index (χ3n) is 0.830. The lowest BCUT2D eigenvalue weighted by atomic mass is 10.6. The van der Waals surface area contributed by atoms with E-state index in [1.165, 1.54) is 0 Å². The number of halogens is 1. The second-order valence-electron chi connectivity index (χ2n) is 1.94. The van der Waals surface area contributed by atoms with Gasteiger partial charge in [0.25, 0.3) is 0 Å². The summed E-state index contributed by atoms with van der Waals surface area (Å²) in [6, 6.07) is 0. The van der Waals surface area contributed by atoms with E-state index in [4.69, 9.17) is 0 Å². The van der Waals surface area contributed by atoms with Crippen LogP contribution in [0.1, 0.15) is 0 Å². The Hall–Kier alpha value is 0.400. The van der Waals surface area contributed by atoms with Gasteiger partial charge in [0.2, 0.25) is 0 Å². The van der Waals surface area contributed by atoms with Crippen molar-refractivity contribution in [3.8, 4) is 0 Å². The second-order valence-corrected chi connectivity index (χ2v) is 2.50. The third kappa shape index (κ3) is 6.40. The smallest absolute Gasteiger partial charge is 0.0517 e. The number of hydrogen-bond acceptors (Lipinski definition) is 2. The fraction of sp³-hybridized carbons (Fsp3) is 1.00. The van der Waals surface area contributed by atoms with E-state index >= 15 is 0 Å². The largest absolute Gasteiger partial charge is 0.308 e. The monoisotopic (exact) mass is 180 g/mol. The molecule has 0 heterocycles. The van der Waals surface area contributed by atoms with Crippen LogP contribution in [-0.4, -0.2) is 37.5 Å². The lowest BCUT2D eigenvalue weighted by Gasteiger charge is -2.07. The Labute approximate surface area is 59.4 Å². The zero-order valence-electron chi connectivity index (χ0n) is 5.45. The van der Waals surface area contributed by atoms with Crippen LogP contribution in [0.5, 0.6) is 0 Å². The molecule has 0 radical (unpaired) electrons. The molecule has 0 aliphatic carbocycles. The van der Waals surface area contributed by atoms with E-state index in [-0.39, 0.29) is 0 Å². The molecule has 2 nitrogen and oxygen atoms in total. The Bertz CT molecular complexity index is 47.7. The van der Waals surface area contributed by atoms with Gasteiger partial charge in [-0.3, -0.25) is 0 Å². The zero-order valence-corrected chi connectivity index (χ0v) is 7.03. The van der Waals surface area contributed by atoms with Crippen LogP contribution in [0.25, 0.3) is 0 Å². The molecule has 0 spiro atoms. The number of likely N-dealkylation sites (N-methyl/N-ethyl adjacent to an activating group) is 1. The molecule has 0 aliphatic rings. The minimum Gasteiger partial charge on any atom is -0.308 e. The summed E-state index contributed by atoms with van der Waals surface area (Å²) in [5.74, 6) is 0. The maximum Gasteiger partial charge on any atom is 0.0517 e. The van der Waals surface area contributed by atoms with Crippen molar-refractivity contribution >= 4 is 15.9 Å². The van der Waals surface area contributed by atoms with Gasteiger partial charge in [-0.25, -0.2) is 0 Å². The normalized spacial score (nSPS) is 10.5. The SMILES string of the molecule is CN(C)CCNCBr. The number of rotatable bonds is 4. The summed E-state index contributed by atoms with van der Waals surface area (Å²) in [6.45, 7) is 2.16. The van der Waals surface area contributed by atoms with Crippen LogP contribution in [-0.2, 0) is 0 Å². The van der Waals surface area contributed by atoms with Crippen LogP contribution in [0, 0.1) is 0 Å². The zero-order chi connectivity index (χ0) is 6.41. The molecule has 0 aliphatic heterocycles. The molecule has 0 aromatic rings. The second kappa shape index (κ2) is 5.54. The standard InChI is InChI=1S/C5H13BrN2/c1-8(2)4-3-7-5-6/h7H,3-5H2,1-2H3. The van der Waals surface area contributed by atoms with E-state index in [9.17, 15) is 0 Å². The first-order valence-electron chi connectivity index (χ1n) is 2.69. The highest BCUT2D eigenvalue weighted by Gasteiger charge is 1.85. The number of alkyl halides is 1. The van der Waals surface area contributed by atoms with Crippen LogP contribution in [0.2, 0.25) is 0 Å². The fourth-order valence-corrected chi connectivity index (χ4v) is 0.650. The predicted octanol–water partition coefficient (Wildman–Crippen LogP) is 0.490. The molecule has 0 atom stereocenters. The van der Waals surface area contributed by atoms with Gasteiger partial charge in [-0.05, 0) is 14.1 Å². The minimum absolute atomic E-state index is 0.890. The van der Waals surface area contributed by atoms with Gasteiger partial charge in [0.15, 0.2) is 0 Å². The van der Waals surface area contributed by atoms with Crippen LogP contribution >= 0.6 is 15.9 Å². The molecule has 8 heavy (non-hydrogen) atoms. The van der Waals surface area contributed by atoms with E-state index in [0.717, 1.165) is 18.5 Å². The Morgan fingerprint density at radius 3 is 2.50 bits per heavy atom. The topological polar surface area (TPSA) is 15.3 Å². The Balaban J connectivity index is 2.72.